The van der Waals surface area contributed by atoms with E-state index in [1.165, 1.54) is 7.11 Å². The SMILES string of the molecule is COC(=O)C(Br)(c1ccccc1)c1ccccc1. The molecule has 18 heavy (non-hydrogen) atoms. The molecule has 92 valence electrons. The van der Waals surface area contributed by atoms with Crippen molar-refractivity contribution < 1.29 is 9.53 Å². The molecular formula is C15H13BrO2. The van der Waals surface area contributed by atoms with Gasteiger partial charge in [0.05, 0.1) is 7.11 Å². The minimum Gasteiger partial charge on any atom is -0.467 e. The van der Waals surface area contributed by atoms with E-state index in [2.05, 4.69) is 15.9 Å². The average Bonchev–Trinajstić information content (AvgIpc) is 2.47. The van der Waals surface area contributed by atoms with Crippen LogP contribution in [-0.2, 0) is 13.9 Å². The number of halogens is 1. The number of carbonyl (C=O) groups is 1. The predicted molar refractivity (Wildman–Crippen MR) is 74.6 cm³/mol. The van der Waals surface area contributed by atoms with E-state index < -0.39 is 4.32 Å². The molecular weight excluding hydrogens is 292 g/mol. The summed E-state index contributed by atoms with van der Waals surface area (Å²) in [6.07, 6.45) is 0. The lowest BCUT2D eigenvalue weighted by atomic mass is 9.91. The first-order valence-corrected chi connectivity index (χ1v) is 6.37. The highest BCUT2D eigenvalue weighted by Gasteiger charge is 2.40. The van der Waals surface area contributed by atoms with Crippen LogP contribution in [0.25, 0.3) is 0 Å². The molecule has 2 aromatic carbocycles. The number of rotatable bonds is 3. The Morgan fingerprint density at radius 2 is 1.33 bits per heavy atom. The Bertz CT molecular complexity index is 483. The van der Waals surface area contributed by atoms with Gasteiger partial charge in [0.15, 0.2) is 4.32 Å². The summed E-state index contributed by atoms with van der Waals surface area (Å²) in [5, 5.41) is 0. The molecule has 0 radical (unpaired) electrons. The van der Waals surface area contributed by atoms with Gasteiger partial charge in [0.1, 0.15) is 0 Å². The lowest BCUT2D eigenvalue weighted by Crippen LogP contribution is -2.31. The number of esters is 1. The molecule has 0 unspecified atom stereocenters. The van der Waals surface area contributed by atoms with Crippen LogP contribution in [0.5, 0.6) is 0 Å². The van der Waals surface area contributed by atoms with Crippen LogP contribution in [-0.4, -0.2) is 13.1 Å². The van der Waals surface area contributed by atoms with Gasteiger partial charge in [-0.15, -0.1) is 0 Å². The fraction of sp³-hybridized carbons (Fsp3) is 0.133. The molecule has 2 aromatic rings. The number of hydrogen-bond acceptors (Lipinski definition) is 2. The molecule has 0 bridgehead atoms. The second-order valence-electron chi connectivity index (χ2n) is 3.88. The number of methoxy groups -OCH3 is 1. The summed E-state index contributed by atoms with van der Waals surface area (Å²) in [5.74, 6) is -0.333. The van der Waals surface area contributed by atoms with Gasteiger partial charge >= 0.3 is 5.97 Å². The first kappa shape index (κ1) is 12.8. The highest BCUT2D eigenvalue weighted by molar-refractivity contribution is 9.10. The minimum atomic E-state index is -0.954. The molecule has 0 saturated heterocycles. The van der Waals surface area contributed by atoms with Gasteiger partial charge in [-0.1, -0.05) is 76.6 Å². The highest BCUT2D eigenvalue weighted by Crippen LogP contribution is 2.39. The van der Waals surface area contributed by atoms with Crippen LogP contribution >= 0.6 is 15.9 Å². The maximum Gasteiger partial charge on any atom is 0.331 e. The molecule has 0 aromatic heterocycles. The molecule has 0 aliphatic carbocycles. The van der Waals surface area contributed by atoms with Gasteiger partial charge in [-0.3, -0.25) is 0 Å². The van der Waals surface area contributed by atoms with Crippen LogP contribution in [0.2, 0.25) is 0 Å². The van der Waals surface area contributed by atoms with E-state index >= 15 is 0 Å². The van der Waals surface area contributed by atoms with Crippen molar-refractivity contribution in [1.29, 1.82) is 0 Å². The van der Waals surface area contributed by atoms with Crippen molar-refractivity contribution in [3.63, 3.8) is 0 Å². The summed E-state index contributed by atoms with van der Waals surface area (Å²) in [6.45, 7) is 0. The van der Waals surface area contributed by atoms with Crippen molar-refractivity contribution in [3.8, 4) is 0 Å². The van der Waals surface area contributed by atoms with Crippen molar-refractivity contribution in [1.82, 2.24) is 0 Å². The molecule has 0 atom stereocenters. The average molecular weight is 305 g/mol. The zero-order valence-electron chi connectivity index (χ0n) is 9.97. The molecule has 0 spiro atoms. The monoisotopic (exact) mass is 304 g/mol. The molecule has 2 nitrogen and oxygen atoms in total. The van der Waals surface area contributed by atoms with Gasteiger partial charge in [-0.05, 0) is 11.1 Å². The van der Waals surface area contributed by atoms with E-state index in [1.807, 2.05) is 60.7 Å². The zero-order valence-corrected chi connectivity index (χ0v) is 11.6. The lowest BCUT2D eigenvalue weighted by Gasteiger charge is -2.25. The predicted octanol–water partition coefficient (Wildman–Crippen LogP) is 3.50. The smallest absolute Gasteiger partial charge is 0.331 e. The standard InChI is InChI=1S/C15H13BrO2/c1-18-14(17)15(16,12-8-4-2-5-9-12)13-10-6-3-7-11-13/h2-11H,1H3. The van der Waals surface area contributed by atoms with Crippen molar-refractivity contribution in [2.45, 2.75) is 4.32 Å². The van der Waals surface area contributed by atoms with Gasteiger partial charge in [0.2, 0.25) is 0 Å². The molecule has 2 rings (SSSR count). The molecule has 0 saturated carbocycles. The molecule has 3 heteroatoms. The summed E-state index contributed by atoms with van der Waals surface area (Å²) in [7, 11) is 1.39. The molecule has 0 fully saturated rings. The molecule has 0 N–H and O–H groups in total. The van der Waals surface area contributed by atoms with E-state index in [0.717, 1.165) is 11.1 Å². The topological polar surface area (TPSA) is 26.3 Å². The van der Waals surface area contributed by atoms with E-state index in [9.17, 15) is 4.79 Å². The van der Waals surface area contributed by atoms with Gasteiger partial charge in [0, 0.05) is 0 Å². The summed E-state index contributed by atoms with van der Waals surface area (Å²) in [4.78, 5) is 12.2. The Kier molecular flexibility index (Phi) is 3.82. The summed E-state index contributed by atoms with van der Waals surface area (Å²) >= 11 is 3.55. The van der Waals surface area contributed by atoms with E-state index in [-0.39, 0.29) is 5.97 Å². The number of ether oxygens (including phenoxy) is 1. The van der Waals surface area contributed by atoms with Crippen LogP contribution in [0.15, 0.2) is 60.7 Å². The Balaban J connectivity index is 2.59. The molecule has 0 amide bonds. The third kappa shape index (κ3) is 2.18. The van der Waals surface area contributed by atoms with Crippen LogP contribution in [0, 0.1) is 0 Å². The number of alkyl halides is 1. The van der Waals surface area contributed by atoms with Crippen molar-refractivity contribution >= 4 is 21.9 Å². The number of benzene rings is 2. The van der Waals surface area contributed by atoms with Crippen molar-refractivity contribution in [2.24, 2.45) is 0 Å². The number of hydrogen-bond donors (Lipinski definition) is 0. The summed E-state index contributed by atoms with van der Waals surface area (Å²) in [6, 6.07) is 19.0. The molecule has 0 aliphatic heterocycles. The molecule has 0 aliphatic rings. The zero-order chi connectivity index (χ0) is 13.0. The second kappa shape index (κ2) is 5.36. The molecule has 0 heterocycles. The van der Waals surface area contributed by atoms with Crippen LogP contribution in [0.3, 0.4) is 0 Å². The second-order valence-corrected chi connectivity index (χ2v) is 5.07. The van der Waals surface area contributed by atoms with Crippen molar-refractivity contribution in [2.75, 3.05) is 7.11 Å². The third-order valence-corrected chi connectivity index (χ3v) is 4.05. The van der Waals surface area contributed by atoms with Crippen LogP contribution < -0.4 is 0 Å². The minimum absolute atomic E-state index is 0.333. The largest absolute Gasteiger partial charge is 0.467 e. The Hall–Kier alpha value is -1.61. The Labute approximate surface area is 115 Å². The Morgan fingerprint density at radius 1 is 0.944 bits per heavy atom. The van der Waals surface area contributed by atoms with Crippen LogP contribution in [0.1, 0.15) is 11.1 Å². The van der Waals surface area contributed by atoms with Gasteiger partial charge in [0.25, 0.3) is 0 Å². The van der Waals surface area contributed by atoms with Crippen LogP contribution in [0.4, 0.5) is 0 Å². The fourth-order valence-corrected chi connectivity index (χ4v) is 2.57. The van der Waals surface area contributed by atoms with E-state index in [4.69, 9.17) is 4.74 Å². The lowest BCUT2D eigenvalue weighted by molar-refractivity contribution is -0.142. The summed E-state index contributed by atoms with van der Waals surface area (Å²) < 4.78 is 3.98. The maximum atomic E-state index is 12.2. The number of carbonyl (C=O) groups excluding carboxylic acids is 1. The van der Waals surface area contributed by atoms with E-state index in [0.29, 0.717) is 0 Å². The first-order chi connectivity index (χ1) is 8.69. The van der Waals surface area contributed by atoms with Gasteiger partial charge < -0.3 is 4.74 Å². The van der Waals surface area contributed by atoms with Gasteiger partial charge in [-0.25, -0.2) is 4.79 Å². The van der Waals surface area contributed by atoms with E-state index in [1.54, 1.807) is 0 Å². The fourth-order valence-electron chi connectivity index (χ4n) is 1.88. The van der Waals surface area contributed by atoms with Gasteiger partial charge in [-0.2, -0.15) is 0 Å². The maximum absolute atomic E-state index is 12.2. The third-order valence-electron chi connectivity index (χ3n) is 2.81. The normalized spacial score (nSPS) is 11.0. The first-order valence-electron chi connectivity index (χ1n) is 5.58. The highest BCUT2D eigenvalue weighted by atomic mass is 79.9. The Morgan fingerprint density at radius 3 is 1.67 bits per heavy atom. The quantitative estimate of drug-likeness (QED) is 0.641. The van der Waals surface area contributed by atoms with Crippen molar-refractivity contribution in [3.05, 3.63) is 71.8 Å². The summed E-state index contributed by atoms with van der Waals surface area (Å²) in [5.41, 5.74) is 1.70.